The highest BCUT2D eigenvalue weighted by Gasteiger charge is 2.19. The lowest BCUT2D eigenvalue weighted by molar-refractivity contribution is -0.137. The molecule has 0 unspecified atom stereocenters. The van der Waals surface area contributed by atoms with Crippen molar-refractivity contribution >= 4 is 11.9 Å². The van der Waals surface area contributed by atoms with E-state index in [1.54, 1.807) is 0 Å². The van der Waals surface area contributed by atoms with E-state index in [9.17, 15) is 18.4 Å². The van der Waals surface area contributed by atoms with Crippen LogP contribution in [-0.2, 0) is 4.79 Å². The van der Waals surface area contributed by atoms with Crippen LogP contribution in [0.1, 0.15) is 10.5 Å². The molecular formula is C9H8F2N2O3. The van der Waals surface area contributed by atoms with Gasteiger partial charge in [0, 0.05) is 13.1 Å². The number of carboxylic acids is 1. The third-order valence-electron chi connectivity index (χ3n) is 1.73. The van der Waals surface area contributed by atoms with Crippen molar-refractivity contribution in [3.05, 3.63) is 29.6 Å². The van der Waals surface area contributed by atoms with Crippen molar-refractivity contribution in [2.45, 2.75) is 0 Å². The molecule has 1 aromatic heterocycles. The zero-order valence-corrected chi connectivity index (χ0v) is 8.28. The van der Waals surface area contributed by atoms with E-state index in [2.05, 4.69) is 4.98 Å². The summed E-state index contributed by atoms with van der Waals surface area (Å²) in [5, 5.41) is 8.43. The fourth-order valence-electron chi connectivity index (χ4n) is 1.03. The molecule has 0 aliphatic heterocycles. The molecule has 7 heteroatoms. The van der Waals surface area contributed by atoms with E-state index in [4.69, 9.17) is 5.11 Å². The Hall–Kier alpha value is -2.05. The monoisotopic (exact) mass is 230 g/mol. The Labute approximate surface area is 89.3 Å². The second-order valence-corrected chi connectivity index (χ2v) is 3.04. The van der Waals surface area contributed by atoms with Crippen molar-refractivity contribution in [2.75, 3.05) is 13.6 Å². The Kier molecular flexibility index (Phi) is 3.49. The van der Waals surface area contributed by atoms with Crippen LogP contribution in [0.25, 0.3) is 0 Å². The molecule has 1 rings (SSSR count). The van der Waals surface area contributed by atoms with Gasteiger partial charge in [-0.25, -0.2) is 13.8 Å². The van der Waals surface area contributed by atoms with Crippen molar-refractivity contribution in [2.24, 2.45) is 0 Å². The molecule has 0 aromatic carbocycles. The summed E-state index contributed by atoms with van der Waals surface area (Å²) in [5.41, 5.74) is -0.606. The van der Waals surface area contributed by atoms with Crippen molar-refractivity contribution < 1.29 is 23.5 Å². The third-order valence-corrected chi connectivity index (χ3v) is 1.73. The van der Waals surface area contributed by atoms with Crippen LogP contribution < -0.4 is 0 Å². The summed E-state index contributed by atoms with van der Waals surface area (Å²) >= 11 is 0. The summed E-state index contributed by atoms with van der Waals surface area (Å²) in [6.07, 6.45) is 0.685. The van der Waals surface area contributed by atoms with Crippen molar-refractivity contribution in [1.29, 1.82) is 0 Å². The first-order chi connectivity index (χ1) is 7.41. The number of pyridine rings is 1. The van der Waals surface area contributed by atoms with Crippen LogP contribution in [0.15, 0.2) is 12.3 Å². The molecule has 5 nitrogen and oxygen atoms in total. The number of aliphatic carboxylic acids is 1. The minimum Gasteiger partial charge on any atom is -0.480 e. The number of carbonyl (C=O) groups excluding carboxylic acids is 1. The first-order valence-corrected chi connectivity index (χ1v) is 4.20. The van der Waals surface area contributed by atoms with Crippen molar-refractivity contribution in [1.82, 2.24) is 9.88 Å². The van der Waals surface area contributed by atoms with Gasteiger partial charge in [0.05, 0.1) is 6.20 Å². The van der Waals surface area contributed by atoms with E-state index in [1.165, 1.54) is 7.05 Å². The quantitative estimate of drug-likeness (QED) is 0.821. The number of halogens is 2. The van der Waals surface area contributed by atoms with Gasteiger partial charge in [0.25, 0.3) is 5.91 Å². The predicted octanol–water partition coefficient (Wildman–Crippen LogP) is 0.516. The Bertz CT molecular complexity index is 437. The molecule has 1 N–H and O–H groups in total. The molecule has 0 bridgehead atoms. The lowest BCUT2D eigenvalue weighted by Crippen LogP contribution is -2.33. The zero-order chi connectivity index (χ0) is 12.3. The van der Waals surface area contributed by atoms with Crippen molar-refractivity contribution in [3.63, 3.8) is 0 Å². The molecule has 0 spiro atoms. The first-order valence-electron chi connectivity index (χ1n) is 4.20. The van der Waals surface area contributed by atoms with E-state index in [0.717, 1.165) is 4.90 Å². The number of nitrogens with zero attached hydrogens (tertiary/aromatic N) is 2. The number of hydrogen-bond donors (Lipinski definition) is 1. The summed E-state index contributed by atoms with van der Waals surface area (Å²) in [6, 6.07) is 0.509. The summed E-state index contributed by atoms with van der Waals surface area (Å²) in [5.74, 6) is -4.18. The largest absolute Gasteiger partial charge is 0.480 e. The van der Waals surface area contributed by atoms with E-state index >= 15 is 0 Å². The maximum atomic E-state index is 13.1. The predicted molar refractivity (Wildman–Crippen MR) is 48.7 cm³/mol. The third kappa shape index (κ3) is 2.72. The normalized spacial score (nSPS) is 9.94. The molecule has 1 amide bonds. The Balaban J connectivity index is 2.92. The molecule has 1 aromatic rings. The van der Waals surface area contributed by atoms with Gasteiger partial charge in [0.2, 0.25) is 0 Å². The molecule has 0 aliphatic carbocycles. The lowest BCUT2D eigenvalue weighted by Gasteiger charge is -2.13. The number of aromatic nitrogens is 1. The average molecular weight is 230 g/mol. The van der Waals surface area contributed by atoms with Gasteiger partial charge in [-0.05, 0) is 0 Å². The van der Waals surface area contributed by atoms with E-state index in [-0.39, 0.29) is 0 Å². The fourth-order valence-corrected chi connectivity index (χ4v) is 1.03. The van der Waals surface area contributed by atoms with Crippen LogP contribution in [-0.4, -0.2) is 40.5 Å². The summed E-state index contributed by atoms with van der Waals surface area (Å²) < 4.78 is 25.6. The average Bonchev–Trinajstić information content (AvgIpc) is 2.15. The van der Waals surface area contributed by atoms with Gasteiger partial charge in [-0.15, -0.1) is 0 Å². The zero-order valence-electron chi connectivity index (χ0n) is 8.28. The van der Waals surface area contributed by atoms with Crippen LogP contribution in [0.3, 0.4) is 0 Å². The Morgan fingerprint density at radius 1 is 1.50 bits per heavy atom. The van der Waals surface area contributed by atoms with Crippen LogP contribution in [0, 0.1) is 11.6 Å². The second kappa shape index (κ2) is 4.65. The van der Waals surface area contributed by atoms with Crippen LogP contribution >= 0.6 is 0 Å². The molecule has 0 fully saturated rings. The van der Waals surface area contributed by atoms with Crippen molar-refractivity contribution in [3.8, 4) is 0 Å². The van der Waals surface area contributed by atoms with E-state index in [0.29, 0.717) is 12.3 Å². The van der Waals surface area contributed by atoms with Gasteiger partial charge in [-0.1, -0.05) is 0 Å². The molecule has 0 saturated carbocycles. The van der Waals surface area contributed by atoms with E-state index in [1.807, 2.05) is 0 Å². The number of carboxylic acid groups (broad SMARTS) is 1. The molecule has 0 radical (unpaired) electrons. The second-order valence-electron chi connectivity index (χ2n) is 3.04. The number of carbonyl (C=O) groups is 2. The number of hydrogen-bond acceptors (Lipinski definition) is 3. The fraction of sp³-hybridized carbons (Fsp3) is 0.222. The topological polar surface area (TPSA) is 70.5 Å². The molecule has 0 atom stereocenters. The standard InChI is InChI=1S/C9H8F2N2O3/c1-13(4-7(14)15)9(16)8-6(11)2-5(10)3-12-8/h2-3H,4H2,1H3,(H,14,15). The maximum Gasteiger partial charge on any atom is 0.323 e. The van der Waals surface area contributed by atoms with Crippen LogP contribution in [0.4, 0.5) is 8.78 Å². The highest BCUT2D eigenvalue weighted by molar-refractivity contribution is 5.94. The smallest absolute Gasteiger partial charge is 0.323 e. The highest BCUT2D eigenvalue weighted by Crippen LogP contribution is 2.08. The molecule has 0 saturated heterocycles. The Morgan fingerprint density at radius 3 is 2.62 bits per heavy atom. The van der Waals surface area contributed by atoms with Gasteiger partial charge in [-0.3, -0.25) is 9.59 Å². The lowest BCUT2D eigenvalue weighted by atomic mass is 10.3. The summed E-state index contributed by atoms with van der Waals surface area (Å²) in [6.45, 7) is -0.586. The summed E-state index contributed by atoms with van der Waals surface area (Å²) in [4.78, 5) is 25.8. The van der Waals surface area contributed by atoms with Gasteiger partial charge < -0.3 is 10.0 Å². The molecule has 16 heavy (non-hydrogen) atoms. The van der Waals surface area contributed by atoms with Crippen LogP contribution in [0.5, 0.6) is 0 Å². The molecule has 86 valence electrons. The van der Waals surface area contributed by atoms with E-state index < -0.39 is 35.7 Å². The minimum absolute atomic E-state index is 0.509. The summed E-state index contributed by atoms with van der Waals surface area (Å²) in [7, 11) is 1.18. The first kappa shape index (κ1) is 12.0. The highest BCUT2D eigenvalue weighted by atomic mass is 19.1. The van der Waals surface area contributed by atoms with Gasteiger partial charge >= 0.3 is 5.97 Å². The number of rotatable bonds is 3. The van der Waals surface area contributed by atoms with Gasteiger partial charge in [0.15, 0.2) is 11.5 Å². The Morgan fingerprint density at radius 2 is 2.12 bits per heavy atom. The molecule has 0 aliphatic rings. The number of amides is 1. The SMILES string of the molecule is CN(CC(=O)O)C(=O)c1ncc(F)cc1F. The minimum atomic E-state index is -1.24. The van der Waals surface area contributed by atoms with Gasteiger partial charge in [-0.2, -0.15) is 0 Å². The molecule has 1 heterocycles. The number of likely N-dealkylation sites (N-methyl/N-ethyl adjacent to an activating group) is 1. The molecular weight excluding hydrogens is 222 g/mol. The van der Waals surface area contributed by atoms with Crippen LogP contribution in [0.2, 0.25) is 0 Å². The maximum absolute atomic E-state index is 13.1. The van der Waals surface area contributed by atoms with Gasteiger partial charge in [0.1, 0.15) is 12.4 Å².